The van der Waals surface area contributed by atoms with Crippen molar-refractivity contribution in [1.82, 2.24) is 10.2 Å². The quantitative estimate of drug-likeness (QED) is 0.789. The molecule has 3 nitrogen and oxygen atoms in total. The van der Waals surface area contributed by atoms with Gasteiger partial charge in [0.15, 0.2) is 0 Å². The van der Waals surface area contributed by atoms with Crippen molar-refractivity contribution in [3.63, 3.8) is 0 Å². The summed E-state index contributed by atoms with van der Waals surface area (Å²) in [6, 6.07) is 0.571. The topological polar surface area (TPSA) is 32.3 Å². The van der Waals surface area contributed by atoms with E-state index in [0.717, 1.165) is 38.4 Å². The van der Waals surface area contributed by atoms with E-state index in [-0.39, 0.29) is 5.41 Å². The predicted octanol–water partition coefficient (Wildman–Crippen LogP) is 2.56. The summed E-state index contributed by atoms with van der Waals surface area (Å²) in [4.78, 5) is 15.3. The number of hydrogen-bond acceptors (Lipinski definition) is 2. The van der Waals surface area contributed by atoms with Crippen LogP contribution in [-0.2, 0) is 4.79 Å². The molecule has 108 valence electrons. The minimum atomic E-state index is -0.0927. The Kier molecular flexibility index (Phi) is 3.84. The van der Waals surface area contributed by atoms with E-state index >= 15 is 0 Å². The van der Waals surface area contributed by atoms with Crippen LogP contribution in [0.3, 0.4) is 0 Å². The highest BCUT2D eigenvalue weighted by molar-refractivity contribution is 5.83. The Labute approximate surface area is 117 Å². The van der Waals surface area contributed by atoms with Crippen molar-refractivity contribution in [2.45, 2.75) is 64.3 Å². The number of nitrogens with one attached hydrogen (secondary N) is 1. The van der Waals surface area contributed by atoms with Crippen LogP contribution in [0.25, 0.3) is 0 Å². The van der Waals surface area contributed by atoms with Crippen molar-refractivity contribution in [2.75, 3.05) is 19.6 Å². The summed E-state index contributed by atoms with van der Waals surface area (Å²) in [5.41, 5.74) is -0.0927. The summed E-state index contributed by atoms with van der Waals surface area (Å²) < 4.78 is 0. The first-order chi connectivity index (χ1) is 9.21. The lowest BCUT2D eigenvalue weighted by atomic mass is 9.75. The number of rotatable bonds is 1. The predicted molar refractivity (Wildman–Crippen MR) is 76.9 cm³/mol. The molecule has 1 N–H and O–H groups in total. The number of carbonyl (C=O) groups is 1. The lowest BCUT2D eigenvalue weighted by Gasteiger charge is -2.48. The lowest BCUT2D eigenvalue weighted by molar-refractivity contribution is -0.149. The maximum Gasteiger partial charge on any atom is 0.228 e. The van der Waals surface area contributed by atoms with Gasteiger partial charge in [0, 0.05) is 18.0 Å². The van der Waals surface area contributed by atoms with Gasteiger partial charge in [-0.1, -0.05) is 19.8 Å². The van der Waals surface area contributed by atoms with E-state index in [1.54, 1.807) is 0 Å². The van der Waals surface area contributed by atoms with Crippen molar-refractivity contribution in [3.8, 4) is 0 Å². The Hall–Kier alpha value is -0.570. The van der Waals surface area contributed by atoms with Crippen LogP contribution in [0.15, 0.2) is 0 Å². The van der Waals surface area contributed by atoms with Crippen LogP contribution < -0.4 is 5.32 Å². The summed E-state index contributed by atoms with van der Waals surface area (Å²) in [5.74, 6) is 1.27. The van der Waals surface area contributed by atoms with Gasteiger partial charge < -0.3 is 10.2 Å². The van der Waals surface area contributed by atoms with Crippen molar-refractivity contribution in [2.24, 2.45) is 11.3 Å². The summed E-state index contributed by atoms with van der Waals surface area (Å²) in [6.45, 7) is 5.22. The number of likely N-dealkylation sites (tertiary alicyclic amines) is 1. The van der Waals surface area contributed by atoms with Gasteiger partial charge in [0.25, 0.3) is 0 Å². The fraction of sp³-hybridized carbons (Fsp3) is 0.938. The second kappa shape index (κ2) is 5.43. The van der Waals surface area contributed by atoms with Gasteiger partial charge in [0.05, 0.1) is 0 Å². The molecule has 3 rings (SSSR count). The summed E-state index contributed by atoms with van der Waals surface area (Å²) in [7, 11) is 0. The molecule has 1 saturated carbocycles. The van der Waals surface area contributed by atoms with Crippen molar-refractivity contribution < 1.29 is 4.79 Å². The Morgan fingerprint density at radius 2 is 1.79 bits per heavy atom. The van der Waals surface area contributed by atoms with Crippen LogP contribution in [0.5, 0.6) is 0 Å². The third kappa shape index (κ3) is 2.54. The smallest absolute Gasteiger partial charge is 0.228 e. The second-order valence-electron chi connectivity index (χ2n) is 7.06. The summed E-state index contributed by atoms with van der Waals surface area (Å²) >= 11 is 0. The van der Waals surface area contributed by atoms with Crippen LogP contribution in [0.4, 0.5) is 0 Å². The average molecular weight is 264 g/mol. The van der Waals surface area contributed by atoms with Gasteiger partial charge in [-0.3, -0.25) is 4.79 Å². The van der Waals surface area contributed by atoms with Crippen LogP contribution in [0.1, 0.15) is 58.3 Å². The summed E-state index contributed by atoms with van der Waals surface area (Å²) in [6.07, 6.45) is 9.92. The molecular weight excluding hydrogens is 236 g/mol. The molecule has 2 saturated heterocycles. The molecule has 3 aliphatic rings. The van der Waals surface area contributed by atoms with E-state index in [9.17, 15) is 4.79 Å². The minimum Gasteiger partial charge on any atom is -0.339 e. The standard InChI is InChI=1S/C16H28N2O/c1-16(8-10-17-11-9-16)15(19)18-12-4-6-13-5-2-3-7-14(13)18/h13-14,17H,2-12H2,1H3/t13-,14-/m1/s1. The number of piperidine rings is 2. The first-order valence-corrected chi connectivity index (χ1v) is 8.22. The fourth-order valence-corrected chi connectivity index (χ4v) is 4.42. The average Bonchev–Trinajstić information content (AvgIpc) is 2.47. The fourth-order valence-electron chi connectivity index (χ4n) is 4.42. The molecular formula is C16H28N2O. The van der Waals surface area contributed by atoms with E-state index in [2.05, 4.69) is 17.1 Å². The highest BCUT2D eigenvalue weighted by atomic mass is 16.2. The molecule has 3 fully saturated rings. The van der Waals surface area contributed by atoms with E-state index in [0.29, 0.717) is 11.9 Å². The molecule has 0 aromatic rings. The number of hydrogen-bond donors (Lipinski definition) is 1. The molecule has 0 spiro atoms. The monoisotopic (exact) mass is 264 g/mol. The van der Waals surface area contributed by atoms with Crippen LogP contribution in [-0.4, -0.2) is 36.5 Å². The molecule has 0 radical (unpaired) electrons. The molecule has 0 aromatic heterocycles. The molecule has 3 heteroatoms. The van der Waals surface area contributed by atoms with Crippen molar-refractivity contribution in [3.05, 3.63) is 0 Å². The Morgan fingerprint density at radius 1 is 1.11 bits per heavy atom. The number of fused-ring (bicyclic) bond motifs is 1. The molecule has 1 amide bonds. The first kappa shape index (κ1) is 13.4. The zero-order valence-corrected chi connectivity index (χ0v) is 12.3. The Morgan fingerprint density at radius 3 is 2.58 bits per heavy atom. The molecule has 2 atom stereocenters. The highest BCUT2D eigenvalue weighted by Gasteiger charge is 2.43. The SMILES string of the molecule is CC1(C(=O)N2CCC[C@H]3CCCC[C@H]32)CCNCC1. The van der Waals surface area contributed by atoms with E-state index in [1.165, 1.54) is 38.5 Å². The van der Waals surface area contributed by atoms with Gasteiger partial charge in [-0.05, 0) is 57.5 Å². The molecule has 1 aliphatic carbocycles. The zero-order valence-electron chi connectivity index (χ0n) is 12.3. The number of carbonyl (C=O) groups excluding carboxylic acids is 1. The maximum absolute atomic E-state index is 13.0. The van der Waals surface area contributed by atoms with Crippen LogP contribution >= 0.6 is 0 Å². The largest absolute Gasteiger partial charge is 0.339 e. The molecule has 0 bridgehead atoms. The number of nitrogens with zero attached hydrogens (tertiary/aromatic N) is 1. The van der Waals surface area contributed by atoms with Gasteiger partial charge >= 0.3 is 0 Å². The highest BCUT2D eigenvalue weighted by Crippen LogP contribution is 2.39. The van der Waals surface area contributed by atoms with E-state index < -0.39 is 0 Å². The Bertz CT molecular complexity index is 334. The van der Waals surface area contributed by atoms with Gasteiger partial charge in [-0.2, -0.15) is 0 Å². The third-order valence-electron chi connectivity index (χ3n) is 5.73. The van der Waals surface area contributed by atoms with Gasteiger partial charge in [0.1, 0.15) is 0 Å². The third-order valence-corrected chi connectivity index (χ3v) is 5.73. The molecule has 2 heterocycles. The van der Waals surface area contributed by atoms with Gasteiger partial charge in [-0.25, -0.2) is 0 Å². The summed E-state index contributed by atoms with van der Waals surface area (Å²) in [5, 5.41) is 3.38. The molecule has 2 aliphatic heterocycles. The van der Waals surface area contributed by atoms with Crippen molar-refractivity contribution >= 4 is 5.91 Å². The molecule has 19 heavy (non-hydrogen) atoms. The normalized spacial score (nSPS) is 34.7. The number of amides is 1. The van der Waals surface area contributed by atoms with Gasteiger partial charge in [-0.15, -0.1) is 0 Å². The van der Waals surface area contributed by atoms with E-state index in [1.807, 2.05) is 0 Å². The Balaban J connectivity index is 1.74. The van der Waals surface area contributed by atoms with E-state index in [4.69, 9.17) is 0 Å². The molecule has 0 aromatic carbocycles. The maximum atomic E-state index is 13.0. The zero-order chi connectivity index (χ0) is 13.3. The van der Waals surface area contributed by atoms with Crippen LogP contribution in [0, 0.1) is 11.3 Å². The lowest BCUT2D eigenvalue weighted by Crippen LogP contribution is -2.55. The second-order valence-corrected chi connectivity index (χ2v) is 7.06. The molecule has 0 unspecified atom stereocenters. The minimum absolute atomic E-state index is 0.0927. The van der Waals surface area contributed by atoms with Crippen molar-refractivity contribution in [1.29, 1.82) is 0 Å². The van der Waals surface area contributed by atoms with Gasteiger partial charge in [0.2, 0.25) is 5.91 Å². The first-order valence-electron chi connectivity index (χ1n) is 8.22. The van der Waals surface area contributed by atoms with Crippen LogP contribution in [0.2, 0.25) is 0 Å².